The predicted octanol–water partition coefficient (Wildman–Crippen LogP) is 2.52. The zero-order valence-electron chi connectivity index (χ0n) is 10.6. The van der Waals surface area contributed by atoms with Crippen LogP contribution in [0.25, 0.3) is 0 Å². The molecule has 4 heteroatoms. The van der Waals surface area contributed by atoms with E-state index in [-0.39, 0.29) is 18.4 Å². The zero-order valence-corrected chi connectivity index (χ0v) is 10.6. The number of carboxylic acids is 1. The molecule has 90 valence electrons. The van der Waals surface area contributed by atoms with Crippen LogP contribution in [0.5, 0.6) is 0 Å². The van der Waals surface area contributed by atoms with Crippen LogP contribution in [0.2, 0.25) is 0 Å². The smallest absolute Gasteiger partial charge is 0.307 e. The summed E-state index contributed by atoms with van der Waals surface area (Å²) in [4.78, 5) is 10.8. The third-order valence-electron chi connectivity index (χ3n) is 2.67. The fourth-order valence-corrected chi connectivity index (χ4v) is 1.91. The van der Waals surface area contributed by atoms with Gasteiger partial charge in [0, 0.05) is 17.3 Å². The molecule has 0 amide bonds. The molecule has 1 aromatic heterocycles. The Morgan fingerprint density at radius 2 is 1.94 bits per heavy atom. The largest absolute Gasteiger partial charge is 0.481 e. The monoisotopic (exact) mass is 224 g/mol. The first-order valence-corrected chi connectivity index (χ1v) is 5.64. The number of rotatable bonds is 4. The van der Waals surface area contributed by atoms with Gasteiger partial charge < -0.3 is 5.11 Å². The summed E-state index contributed by atoms with van der Waals surface area (Å²) >= 11 is 0. The van der Waals surface area contributed by atoms with E-state index in [1.54, 1.807) is 0 Å². The molecule has 0 bridgehead atoms. The van der Waals surface area contributed by atoms with Crippen molar-refractivity contribution in [3.8, 4) is 0 Å². The van der Waals surface area contributed by atoms with E-state index in [4.69, 9.17) is 5.11 Å². The second-order valence-corrected chi connectivity index (χ2v) is 4.71. The van der Waals surface area contributed by atoms with Crippen LogP contribution in [0.15, 0.2) is 0 Å². The summed E-state index contributed by atoms with van der Waals surface area (Å²) in [6.45, 7) is 10.1. The van der Waals surface area contributed by atoms with E-state index in [2.05, 4.69) is 18.9 Å². The van der Waals surface area contributed by atoms with Crippen LogP contribution in [-0.2, 0) is 11.2 Å². The van der Waals surface area contributed by atoms with Gasteiger partial charge in [0.25, 0.3) is 0 Å². The summed E-state index contributed by atoms with van der Waals surface area (Å²) < 4.78 is 1.91. The number of aliphatic carboxylic acids is 1. The molecule has 1 aromatic rings. The average Bonchev–Trinajstić information content (AvgIpc) is 2.43. The van der Waals surface area contributed by atoms with E-state index in [0.717, 1.165) is 17.0 Å². The molecule has 0 saturated heterocycles. The highest BCUT2D eigenvalue weighted by molar-refractivity contribution is 5.71. The Balaban J connectivity index is 3.26. The molecule has 1 N–H and O–H groups in total. The highest BCUT2D eigenvalue weighted by Gasteiger charge is 2.20. The molecule has 1 rings (SSSR count). The van der Waals surface area contributed by atoms with Gasteiger partial charge >= 0.3 is 5.97 Å². The second kappa shape index (κ2) is 4.68. The van der Waals surface area contributed by atoms with Crippen LogP contribution in [0, 0.1) is 6.92 Å². The van der Waals surface area contributed by atoms with Gasteiger partial charge in [0.1, 0.15) is 0 Å². The van der Waals surface area contributed by atoms with Crippen molar-refractivity contribution in [3.63, 3.8) is 0 Å². The molecule has 4 nitrogen and oxygen atoms in total. The van der Waals surface area contributed by atoms with Crippen molar-refractivity contribution in [3.05, 3.63) is 17.0 Å². The van der Waals surface area contributed by atoms with Crippen molar-refractivity contribution in [1.29, 1.82) is 0 Å². The number of aromatic nitrogens is 2. The lowest BCUT2D eigenvalue weighted by Gasteiger charge is -2.07. The minimum atomic E-state index is -0.798. The number of carboxylic acid groups (broad SMARTS) is 1. The molecule has 0 spiro atoms. The Bertz CT molecular complexity index is 392. The van der Waals surface area contributed by atoms with Gasteiger partial charge in [0.15, 0.2) is 0 Å². The highest BCUT2D eigenvalue weighted by atomic mass is 16.4. The lowest BCUT2D eigenvalue weighted by molar-refractivity contribution is -0.136. The van der Waals surface area contributed by atoms with Crippen molar-refractivity contribution in [1.82, 2.24) is 9.78 Å². The molecule has 0 unspecified atom stereocenters. The fourth-order valence-electron chi connectivity index (χ4n) is 1.91. The van der Waals surface area contributed by atoms with Crippen molar-refractivity contribution in [2.24, 2.45) is 0 Å². The van der Waals surface area contributed by atoms with Crippen molar-refractivity contribution >= 4 is 5.97 Å². The highest BCUT2D eigenvalue weighted by Crippen LogP contribution is 2.24. The lowest BCUT2D eigenvalue weighted by atomic mass is 10.0. The third kappa shape index (κ3) is 2.43. The molecule has 0 aliphatic rings. The molecule has 0 aromatic carbocycles. The van der Waals surface area contributed by atoms with E-state index >= 15 is 0 Å². The molecule has 0 atom stereocenters. The molecular formula is C12H20N2O2. The van der Waals surface area contributed by atoms with Crippen LogP contribution in [0.1, 0.15) is 56.6 Å². The van der Waals surface area contributed by atoms with Gasteiger partial charge in [0.2, 0.25) is 0 Å². The van der Waals surface area contributed by atoms with Crippen LogP contribution in [0.4, 0.5) is 0 Å². The molecule has 0 aliphatic heterocycles. The van der Waals surface area contributed by atoms with Gasteiger partial charge in [-0.3, -0.25) is 9.48 Å². The van der Waals surface area contributed by atoms with Gasteiger partial charge in [-0.05, 0) is 26.7 Å². The molecule has 0 fully saturated rings. The second-order valence-electron chi connectivity index (χ2n) is 4.71. The summed E-state index contributed by atoms with van der Waals surface area (Å²) in [6, 6.07) is 0.264. The van der Waals surface area contributed by atoms with E-state index in [9.17, 15) is 4.79 Å². The summed E-state index contributed by atoms with van der Waals surface area (Å²) in [7, 11) is 0. The van der Waals surface area contributed by atoms with E-state index in [1.165, 1.54) is 0 Å². The third-order valence-corrected chi connectivity index (χ3v) is 2.67. The van der Waals surface area contributed by atoms with Crippen LogP contribution >= 0.6 is 0 Å². The Morgan fingerprint density at radius 3 is 2.31 bits per heavy atom. The molecule has 16 heavy (non-hydrogen) atoms. The van der Waals surface area contributed by atoms with E-state index in [1.807, 2.05) is 25.5 Å². The Hall–Kier alpha value is -1.32. The fraction of sp³-hybridized carbons (Fsp3) is 0.667. The molecular weight excluding hydrogens is 204 g/mol. The normalized spacial score (nSPS) is 11.4. The minimum absolute atomic E-state index is 0.0616. The number of hydrogen-bond donors (Lipinski definition) is 1. The maximum absolute atomic E-state index is 10.8. The zero-order chi connectivity index (χ0) is 12.5. The quantitative estimate of drug-likeness (QED) is 0.855. The maximum atomic E-state index is 10.8. The molecule has 0 radical (unpaired) electrons. The number of nitrogens with zero attached hydrogens (tertiary/aromatic N) is 2. The Kier molecular flexibility index (Phi) is 3.73. The van der Waals surface area contributed by atoms with Crippen LogP contribution in [0.3, 0.4) is 0 Å². The number of hydrogen-bond acceptors (Lipinski definition) is 2. The van der Waals surface area contributed by atoms with Crippen molar-refractivity contribution in [2.45, 2.75) is 53.0 Å². The summed E-state index contributed by atoms with van der Waals surface area (Å²) in [5.74, 6) is -0.540. The van der Waals surface area contributed by atoms with E-state index < -0.39 is 5.97 Å². The first kappa shape index (κ1) is 12.7. The van der Waals surface area contributed by atoms with Gasteiger partial charge in [-0.15, -0.1) is 0 Å². The van der Waals surface area contributed by atoms with Crippen molar-refractivity contribution < 1.29 is 9.90 Å². The summed E-state index contributed by atoms with van der Waals surface area (Å²) in [6.07, 6.45) is 0.0616. The molecule has 0 saturated carbocycles. The van der Waals surface area contributed by atoms with Crippen molar-refractivity contribution in [2.75, 3.05) is 0 Å². The van der Waals surface area contributed by atoms with Gasteiger partial charge in [-0.2, -0.15) is 5.10 Å². The predicted molar refractivity (Wildman–Crippen MR) is 62.8 cm³/mol. The summed E-state index contributed by atoms with van der Waals surface area (Å²) in [5, 5.41) is 13.4. The first-order valence-electron chi connectivity index (χ1n) is 5.64. The van der Waals surface area contributed by atoms with Crippen LogP contribution in [-0.4, -0.2) is 20.9 Å². The standard InChI is InChI=1S/C12H20N2O2/c1-7(2)12-10(6-11(15)16)9(5)14(13-12)8(3)4/h7-8H,6H2,1-5H3,(H,15,16). The van der Waals surface area contributed by atoms with E-state index in [0.29, 0.717) is 0 Å². The Morgan fingerprint density at radius 1 is 1.38 bits per heavy atom. The topological polar surface area (TPSA) is 55.1 Å². The number of carbonyl (C=O) groups is 1. The lowest BCUT2D eigenvalue weighted by Crippen LogP contribution is -2.06. The first-order chi connectivity index (χ1) is 7.34. The molecule has 0 aliphatic carbocycles. The molecule has 1 heterocycles. The average molecular weight is 224 g/mol. The maximum Gasteiger partial charge on any atom is 0.307 e. The van der Waals surface area contributed by atoms with Gasteiger partial charge in [0.05, 0.1) is 12.1 Å². The summed E-state index contributed by atoms with van der Waals surface area (Å²) in [5.41, 5.74) is 2.76. The van der Waals surface area contributed by atoms with Gasteiger partial charge in [-0.25, -0.2) is 0 Å². The van der Waals surface area contributed by atoms with Crippen LogP contribution < -0.4 is 0 Å². The SMILES string of the molecule is Cc1c(CC(=O)O)c(C(C)C)nn1C(C)C. The minimum Gasteiger partial charge on any atom is -0.481 e. The Labute approximate surface area is 96.3 Å². The van der Waals surface area contributed by atoms with Gasteiger partial charge in [-0.1, -0.05) is 13.8 Å².